The van der Waals surface area contributed by atoms with Crippen molar-refractivity contribution in [1.29, 1.82) is 0 Å². The second-order valence-corrected chi connectivity index (χ2v) is 4.99. The first-order valence-electron chi connectivity index (χ1n) is 6.28. The number of rotatable bonds is 4. The van der Waals surface area contributed by atoms with Gasteiger partial charge in [0.2, 0.25) is 0 Å². The van der Waals surface area contributed by atoms with Crippen molar-refractivity contribution in [1.82, 2.24) is 5.32 Å². The van der Waals surface area contributed by atoms with Gasteiger partial charge in [-0.15, -0.1) is 0 Å². The first kappa shape index (κ1) is 13.3. The maximum Gasteiger partial charge on any atom is 0.319 e. The first-order valence-corrected chi connectivity index (χ1v) is 6.28. The molecule has 6 nitrogen and oxygen atoms in total. The van der Waals surface area contributed by atoms with Crippen LogP contribution in [0, 0.1) is 29.9 Å². The Morgan fingerprint density at radius 2 is 2.05 bits per heavy atom. The van der Waals surface area contributed by atoms with E-state index in [2.05, 4.69) is 10.6 Å². The van der Waals surface area contributed by atoms with Crippen molar-refractivity contribution in [2.24, 2.45) is 5.92 Å². The van der Waals surface area contributed by atoms with Gasteiger partial charge in [-0.05, 0) is 44.2 Å². The van der Waals surface area contributed by atoms with Gasteiger partial charge in [-0.25, -0.2) is 4.79 Å². The predicted molar refractivity (Wildman–Crippen MR) is 72.3 cm³/mol. The summed E-state index contributed by atoms with van der Waals surface area (Å²) in [5.41, 5.74) is 1.89. The fraction of sp³-hybridized carbons (Fsp3) is 0.462. The molecule has 0 heterocycles. The average Bonchev–Trinajstić information content (AvgIpc) is 3.13. The van der Waals surface area contributed by atoms with Gasteiger partial charge in [0, 0.05) is 18.2 Å². The molecule has 2 N–H and O–H groups in total. The maximum atomic E-state index is 11.7. The molecule has 1 aromatic carbocycles. The summed E-state index contributed by atoms with van der Waals surface area (Å²) in [5, 5.41) is 16.3. The molecule has 1 aliphatic rings. The first-order chi connectivity index (χ1) is 8.97. The van der Waals surface area contributed by atoms with E-state index in [-0.39, 0.29) is 11.7 Å². The SMILES string of the molecule is Cc1cc(C)c([N+](=O)[O-])cc1NC(=O)NCC1CC1. The Hall–Kier alpha value is -2.11. The van der Waals surface area contributed by atoms with Crippen LogP contribution >= 0.6 is 0 Å². The summed E-state index contributed by atoms with van der Waals surface area (Å²) in [6, 6.07) is 2.80. The number of nitrogens with zero attached hydrogens (tertiary/aromatic N) is 1. The molecule has 1 saturated carbocycles. The Morgan fingerprint density at radius 3 is 2.63 bits per heavy atom. The third-order valence-electron chi connectivity index (χ3n) is 3.24. The van der Waals surface area contributed by atoms with Gasteiger partial charge in [-0.3, -0.25) is 10.1 Å². The van der Waals surface area contributed by atoms with Gasteiger partial charge >= 0.3 is 6.03 Å². The Kier molecular flexibility index (Phi) is 3.69. The fourth-order valence-electron chi connectivity index (χ4n) is 1.90. The zero-order valence-electron chi connectivity index (χ0n) is 11.0. The molecular formula is C13H17N3O3. The van der Waals surface area contributed by atoms with E-state index in [9.17, 15) is 14.9 Å². The molecule has 102 valence electrons. The third-order valence-corrected chi connectivity index (χ3v) is 3.24. The van der Waals surface area contributed by atoms with Crippen LogP contribution < -0.4 is 10.6 Å². The van der Waals surface area contributed by atoms with Crippen LogP contribution in [0.1, 0.15) is 24.0 Å². The highest BCUT2D eigenvalue weighted by atomic mass is 16.6. The third kappa shape index (κ3) is 3.43. The molecule has 0 bridgehead atoms. The summed E-state index contributed by atoms with van der Waals surface area (Å²) in [6.07, 6.45) is 2.32. The van der Waals surface area contributed by atoms with Gasteiger partial charge in [0.05, 0.1) is 10.6 Å². The van der Waals surface area contributed by atoms with Crippen LogP contribution in [0.2, 0.25) is 0 Å². The lowest BCUT2D eigenvalue weighted by molar-refractivity contribution is -0.385. The van der Waals surface area contributed by atoms with Crippen molar-refractivity contribution < 1.29 is 9.72 Å². The molecule has 0 atom stereocenters. The number of nitro benzene ring substituents is 1. The predicted octanol–water partition coefficient (Wildman–Crippen LogP) is 2.74. The highest BCUT2D eigenvalue weighted by molar-refractivity contribution is 5.90. The van der Waals surface area contributed by atoms with E-state index in [0.717, 1.165) is 18.4 Å². The number of benzene rings is 1. The zero-order chi connectivity index (χ0) is 14.0. The Bertz CT molecular complexity index is 524. The lowest BCUT2D eigenvalue weighted by Crippen LogP contribution is -2.30. The van der Waals surface area contributed by atoms with Crippen LogP contribution in [0.5, 0.6) is 0 Å². The normalized spacial score (nSPS) is 14.0. The minimum atomic E-state index is -0.442. The quantitative estimate of drug-likeness (QED) is 0.647. The van der Waals surface area contributed by atoms with E-state index in [1.165, 1.54) is 6.07 Å². The summed E-state index contributed by atoms with van der Waals surface area (Å²) in [5.74, 6) is 0.596. The smallest absolute Gasteiger partial charge is 0.319 e. The van der Waals surface area contributed by atoms with Gasteiger partial charge in [0.1, 0.15) is 0 Å². The summed E-state index contributed by atoms with van der Waals surface area (Å²) in [4.78, 5) is 22.1. The molecule has 0 saturated heterocycles. The minimum Gasteiger partial charge on any atom is -0.338 e. The summed E-state index contributed by atoms with van der Waals surface area (Å²) < 4.78 is 0. The molecule has 2 rings (SSSR count). The molecule has 1 aromatic rings. The van der Waals surface area contributed by atoms with Gasteiger partial charge in [0.25, 0.3) is 5.69 Å². The van der Waals surface area contributed by atoms with Gasteiger partial charge in [-0.2, -0.15) is 0 Å². The number of hydrogen-bond acceptors (Lipinski definition) is 3. The maximum absolute atomic E-state index is 11.7. The Balaban J connectivity index is 2.07. The van der Waals surface area contributed by atoms with Crippen LogP contribution in [0.15, 0.2) is 12.1 Å². The molecule has 1 fully saturated rings. The number of nitrogens with one attached hydrogen (secondary N) is 2. The Labute approximate surface area is 111 Å². The highest BCUT2D eigenvalue weighted by Gasteiger charge is 2.22. The number of hydrogen-bond donors (Lipinski definition) is 2. The van der Waals surface area contributed by atoms with Crippen LogP contribution in [-0.4, -0.2) is 17.5 Å². The van der Waals surface area contributed by atoms with E-state index in [0.29, 0.717) is 23.7 Å². The lowest BCUT2D eigenvalue weighted by atomic mass is 10.1. The molecule has 0 spiro atoms. The number of carbonyl (C=O) groups is 1. The van der Waals surface area contributed by atoms with Gasteiger partial charge < -0.3 is 10.6 Å². The summed E-state index contributed by atoms with van der Waals surface area (Å²) in [6.45, 7) is 4.16. The minimum absolute atomic E-state index is 0.0168. The lowest BCUT2D eigenvalue weighted by Gasteiger charge is -2.10. The van der Waals surface area contributed by atoms with E-state index < -0.39 is 4.92 Å². The zero-order valence-corrected chi connectivity index (χ0v) is 11.0. The van der Waals surface area contributed by atoms with Crippen LogP contribution in [0.3, 0.4) is 0 Å². The second-order valence-electron chi connectivity index (χ2n) is 4.99. The van der Waals surface area contributed by atoms with Crippen LogP contribution in [0.4, 0.5) is 16.2 Å². The average molecular weight is 263 g/mol. The summed E-state index contributed by atoms with van der Waals surface area (Å²) >= 11 is 0. The Morgan fingerprint density at radius 1 is 1.37 bits per heavy atom. The van der Waals surface area contributed by atoms with Crippen molar-refractivity contribution in [2.75, 3.05) is 11.9 Å². The largest absolute Gasteiger partial charge is 0.338 e. The van der Waals surface area contributed by atoms with Crippen LogP contribution in [-0.2, 0) is 0 Å². The molecule has 6 heteroatoms. The molecule has 0 radical (unpaired) electrons. The number of amides is 2. The van der Waals surface area contributed by atoms with Gasteiger partial charge in [-0.1, -0.05) is 0 Å². The van der Waals surface area contributed by atoms with E-state index in [1.54, 1.807) is 13.0 Å². The van der Waals surface area contributed by atoms with Crippen molar-refractivity contribution >= 4 is 17.4 Å². The number of aryl methyl sites for hydroxylation is 2. The molecule has 0 aliphatic heterocycles. The fourth-order valence-corrected chi connectivity index (χ4v) is 1.90. The van der Waals surface area contributed by atoms with Crippen molar-refractivity contribution in [2.45, 2.75) is 26.7 Å². The molecule has 19 heavy (non-hydrogen) atoms. The number of urea groups is 1. The van der Waals surface area contributed by atoms with Crippen molar-refractivity contribution in [3.63, 3.8) is 0 Å². The standard InChI is InChI=1S/C13H17N3O3/c1-8-5-9(2)12(16(18)19)6-11(8)15-13(17)14-7-10-3-4-10/h5-6,10H,3-4,7H2,1-2H3,(H2,14,15,17). The van der Waals surface area contributed by atoms with Gasteiger partial charge in [0.15, 0.2) is 0 Å². The highest BCUT2D eigenvalue weighted by Crippen LogP contribution is 2.28. The molecule has 1 aliphatic carbocycles. The van der Waals surface area contributed by atoms with E-state index >= 15 is 0 Å². The number of nitro groups is 1. The molecule has 0 unspecified atom stereocenters. The monoisotopic (exact) mass is 263 g/mol. The van der Waals surface area contributed by atoms with Crippen LogP contribution in [0.25, 0.3) is 0 Å². The van der Waals surface area contributed by atoms with Crippen molar-refractivity contribution in [3.8, 4) is 0 Å². The van der Waals surface area contributed by atoms with E-state index in [4.69, 9.17) is 0 Å². The number of anilines is 1. The summed E-state index contributed by atoms with van der Waals surface area (Å²) in [7, 11) is 0. The molecular weight excluding hydrogens is 246 g/mol. The van der Waals surface area contributed by atoms with Crippen molar-refractivity contribution in [3.05, 3.63) is 33.4 Å². The molecule has 0 aromatic heterocycles. The molecule has 2 amide bonds. The van der Waals surface area contributed by atoms with E-state index in [1.807, 2.05) is 6.92 Å². The second kappa shape index (κ2) is 5.26. The number of carbonyl (C=O) groups excluding carboxylic acids is 1. The topological polar surface area (TPSA) is 84.3 Å².